The quantitative estimate of drug-likeness (QED) is 0.922. The van der Waals surface area contributed by atoms with E-state index in [4.69, 9.17) is 5.73 Å². The number of nitrogen functional groups attached to an aromatic ring is 1. The Morgan fingerprint density at radius 2 is 2.21 bits per heavy atom. The number of rotatable bonds is 4. The van der Waals surface area contributed by atoms with Crippen LogP contribution in [0.5, 0.6) is 0 Å². The maximum absolute atomic E-state index is 5.64. The Morgan fingerprint density at radius 3 is 2.84 bits per heavy atom. The summed E-state index contributed by atoms with van der Waals surface area (Å²) in [6.07, 6.45) is 6.96. The molecular formula is C15H19N3S. The molecule has 2 heterocycles. The Labute approximate surface area is 117 Å². The molecule has 1 fully saturated rings. The van der Waals surface area contributed by atoms with Crippen LogP contribution in [0.3, 0.4) is 0 Å². The molecule has 3 nitrogen and oxygen atoms in total. The summed E-state index contributed by atoms with van der Waals surface area (Å²) in [5.41, 5.74) is 10.6. The topological polar surface area (TPSA) is 43.8 Å². The fourth-order valence-electron chi connectivity index (χ4n) is 2.39. The van der Waals surface area contributed by atoms with E-state index in [1.807, 2.05) is 11.5 Å². The maximum atomic E-state index is 5.64. The van der Waals surface area contributed by atoms with Gasteiger partial charge >= 0.3 is 0 Å². The molecule has 2 aromatic rings. The normalized spacial score (nSPS) is 15.5. The lowest BCUT2D eigenvalue weighted by Crippen LogP contribution is -2.03. The van der Waals surface area contributed by atoms with Gasteiger partial charge in [-0.3, -0.25) is 0 Å². The van der Waals surface area contributed by atoms with E-state index in [1.54, 1.807) is 0 Å². The molecule has 100 valence electrons. The molecule has 0 radical (unpaired) electrons. The van der Waals surface area contributed by atoms with Crippen LogP contribution in [0, 0.1) is 19.8 Å². The summed E-state index contributed by atoms with van der Waals surface area (Å²) in [4.78, 5) is 4.25. The van der Waals surface area contributed by atoms with E-state index < -0.39 is 0 Å². The predicted molar refractivity (Wildman–Crippen MR) is 82.1 cm³/mol. The highest BCUT2D eigenvalue weighted by molar-refractivity contribution is 7.13. The van der Waals surface area contributed by atoms with E-state index in [-0.39, 0.29) is 0 Å². The van der Waals surface area contributed by atoms with Gasteiger partial charge < -0.3 is 10.3 Å². The van der Waals surface area contributed by atoms with E-state index in [9.17, 15) is 0 Å². The van der Waals surface area contributed by atoms with E-state index in [0.29, 0.717) is 5.13 Å². The molecule has 0 unspecified atom stereocenters. The lowest BCUT2D eigenvalue weighted by Gasteiger charge is -2.07. The van der Waals surface area contributed by atoms with Gasteiger partial charge in [0.15, 0.2) is 5.13 Å². The minimum Gasteiger partial charge on any atom is -0.375 e. The standard InChI is InChI=1S/C15H19N3S/c1-10-7-13(5-6-14-9-19-15(16)17-14)11(2)18(10)8-12-3-4-12/h5-7,9,12H,3-4,8H2,1-2H3,(H2,16,17)/b6-5+. The molecule has 0 aromatic carbocycles. The first kappa shape index (κ1) is 12.5. The molecule has 0 aliphatic heterocycles. The average Bonchev–Trinajstić information content (AvgIpc) is 3.05. The molecule has 1 aliphatic carbocycles. The van der Waals surface area contributed by atoms with Crippen molar-refractivity contribution in [3.63, 3.8) is 0 Å². The number of nitrogens with two attached hydrogens (primary N) is 1. The first-order valence-corrected chi connectivity index (χ1v) is 7.57. The molecule has 0 bridgehead atoms. The van der Waals surface area contributed by atoms with Gasteiger partial charge in [0.25, 0.3) is 0 Å². The number of hydrogen-bond acceptors (Lipinski definition) is 3. The Hall–Kier alpha value is -1.55. The highest BCUT2D eigenvalue weighted by Crippen LogP contribution is 2.32. The first-order valence-electron chi connectivity index (χ1n) is 6.69. The molecular weight excluding hydrogens is 254 g/mol. The van der Waals surface area contributed by atoms with Crippen LogP contribution in [0.4, 0.5) is 5.13 Å². The Bertz CT molecular complexity index is 617. The summed E-state index contributed by atoms with van der Waals surface area (Å²) in [5.74, 6) is 0.903. The first-order chi connectivity index (χ1) is 9.13. The van der Waals surface area contributed by atoms with E-state index in [1.165, 1.54) is 47.7 Å². The van der Waals surface area contributed by atoms with Crippen molar-refractivity contribution in [1.82, 2.24) is 9.55 Å². The Morgan fingerprint density at radius 1 is 1.42 bits per heavy atom. The van der Waals surface area contributed by atoms with Crippen molar-refractivity contribution >= 4 is 28.6 Å². The van der Waals surface area contributed by atoms with Gasteiger partial charge in [-0.15, -0.1) is 11.3 Å². The minimum atomic E-state index is 0.624. The van der Waals surface area contributed by atoms with Crippen LogP contribution in [0.25, 0.3) is 12.2 Å². The van der Waals surface area contributed by atoms with Gasteiger partial charge in [-0.05, 0) is 50.3 Å². The molecule has 4 heteroatoms. The van der Waals surface area contributed by atoms with Gasteiger partial charge in [-0.1, -0.05) is 6.08 Å². The van der Waals surface area contributed by atoms with Gasteiger partial charge in [-0.2, -0.15) is 0 Å². The van der Waals surface area contributed by atoms with Crippen LogP contribution in [0.1, 0.15) is 35.5 Å². The number of aromatic nitrogens is 2. The molecule has 2 N–H and O–H groups in total. The van der Waals surface area contributed by atoms with Gasteiger partial charge in [0, 0.05) is 23.3 Å². The monoisotopic (exact) mass is 273 g/mol. The predicted octanol–water partition coefficient (Wildman–Crippen LogP) is 3.72. The van der Waals surface area contributed by atoms with Crippen molar-refractivity contribution in [1.29, 1.82) is 0 Å². The fraction of sp³-hybridized carbons (Fsp3) is 0.400. The van der Waals surface area contributed by atoms with Crippen molar-refractivity contribution in [3.8, 4) is 0 Å². The second-order valence-electron chi connectivity index (χ2n) is 5.32. The lowest BCUT2D eigenvalue weighted by molar-refractivity contribution is 0.602. The molecule has 1 saturated carbocycles. The molecule has 0 amide bonds. The van der Waals surface area contributed by atoms with Crippen LogP contribution >= 0.6 is 11.3 Å². The summed E-state index contributed by atoms with van der Waals surface area (Å²) < 4.78 is 2.44. The van der Waals surface area contributed by atoms with Gasteiger partial charge in [-0.25, -0.2) is 4.98 Å². The van der Waals surface area contributed by atoms with Crippen LogP contribution in [-0.4, -0.2) is 9.55 Å². The minimum absolute atomic E-state index is 0.624. The van der Waals surface area contributed by atoms with Crippen molar-refractivity contribution in [2.75, 3.05) is 5.73 Å². The second-order valence-corrected chi connectivity index (χ2v) is 6.21. The Kier molecular flexibility index (Phi) is 3.19. The smallest absolute Gasteiger partial charge is 0.180 e. The number of hydrogen-bond donors (Lipinski definition) is 1. The van der Waals surface area contributed by atoms with E-state index >= 15 is 0 Å². The molecule has 2 aromatic heterocycles. The number of anilines is 1. The van der Waals surface area contributed by atoms with Crippen molar-refractivity contribution in [2.45, 2.75) is 33.2 Å². The molecule has 0 spiro atoms. The van der Waals surface area contributed by atoms with Gasteiger partial charge in [0.1, 0.15) is 0 Å². The molecule has 0 saturated heterocycles. The van der Waals surface area contributed by atoms with Crippen molar-refractivity contribution in [3.05, 3.63) is 34.1 Å². The largest absolute Gasteiger partial charge is 0.375 e. The summed E-state index contributed by atoms with van der Waals surface area (Å²) in [7, 11) is 0. The summed E-state index contributed by atoms with van der Waals surface area (Å²) in [6.45, 7) is 5.56. The second kappa shape index (κ2) is 4.85. The summed E-state index contributed by atoms with van der Waals surface area (Å²) >= 11 is 1.48. The van der Waals surface area contributed by atoms with Crippen LogP contribution in [0.2, 0.25) is 0 Å². The maximum Gasteiger partial charge on any atom is 0.180 e. The summed E-state index contributed by atoms with van der Waals surface area (Å²) in [5, 5.41) is 2.61. The Balaban J connectivity index is 1.82. The molecule has 3 rings (SSSR count). The highest BCUT2D eigenvalue weighted by Gasteiger charge is 2.23. The number of thiazole rings is 1. The third-order valence-electron chi connectivity index (χ3n) is 3.72. The number of aryl methyl sites for hydroxylation is 1. The van der Waals surface area contributed by atoms with Crippen molar-refractivity contribution in [2.24, 2.45) is 5.92 Å². The van der Waals surface area contributed by atoms with Gasteiger partial charge in [0.2, 0.25) is 0 Å². The lowest BCUT2D eigenvalue weighted by atomic mass is 10.2. The fourth-order valence-corrected chi connectivity index (χ4v) is 2.92. The zero-order valence-corrected chi connectivity index (χ0v) is 12.2. The zero-order valence-electron chi connectivity index (χ0n) is 11.4. The third-order valence-corrected chi connectivity index (χ3v) is 4.42. The number of nitrogens with zero attached hydrogens (tertiary/aromatic N) is 2. The molecule has 1 aliphatic rings. The van der Waals surface area contributed by atoms with E-state index in [0.717, 1.165) is 11.6 Å². The van der Waals surface area contributed by atoms with Crippen LogP contribution in [-0.2, 0) is 6.54 Å². The molecule has 0 atom stereocenters. The van der Waals surface area contributed by atoms with Crippen LogP contribution < -0.4 is 5.73 Å². The zero-order chi connectivity index (χ0) is 13.4. The van der Waals surface area contributed by atoms with Crippen molar-refractivity contribution < 1.29 is 0 Å². The van der Waals surface area contributed by atoms with Crippen LogP contribution in [0.15, 0.2) is 11.4 Å². The summed E-state index contributed by atoms with van der Waals surface area (Å²) in [6, 6.07) is 2.25. The highest BCUT2D eigenvalue weighted by atomic mass is 32.1. The average molecular weight is 273 g/mol. The molecule has 19 heavy (non-hydrogen) atoms. The third kappa shape index (κ3) is 2.73. The van der Waals surface area contributed by atoms with Gasteiger partial charge in [0.05, 0.1) is 5.69 Å². The SMILES string of the molecule is Cc1cc(/C=C/c2csc(N)n2)c(C)n1CC1CC1. The van der Waals surface area contributed by atoms with E-state index in [2.05, 4.69) is 35.5 Å².